The maximum Gasteiger partial charge on any atom is 0.160 e. The number of hydrogen-bond acceptors (Lipinski definition) is 3. The van der Waals surface area contributed by atoms with Crippen molar-refractivity contribution in [3.8, 4) is 0 Å². The molecule has 0 aliphatic carbocycles. The summed E-state index contributed by atoms with van der Waals surface area (Å²) in [6.45, 7) is 5.75. The molecule has 2 aromatic heterocycles. The Balaban J connectivity index is 2.21. The van der Waals surface area contributed by atoms with Crippen molar-refractivity contribution in [2.75, 3.05) is 19.1 Å². The van der Waals surface area contributed by atoms with Gasteiger partial charge < -0.3 is 9.30 Å². The molecule has 3 heterocycles. The predicted molar refractivity (Wildman–Crippen MR) is 75.8 cm³/mol. The molecule has 1 aliphatic rings. The highest BCUT2D eigenvalue weighted by molar-refractivity contribution is 6.17. The smallest absolute Gasteiger partial charge is 0.160 e. The van der Waals surface area contributed by atoms with Gasteiger partial charge in [-0.1, -0.05) is 0 Å². The molecule has 0 N–H and O–H groups in total. The van der Waals surface area contributed by atoms with Crippen LogP contribution >= 0.6 is 11.6 Å². The van der Waals surface area contributed by atoms with E-state index in [0.29, 0.717) is 12.5 Å². The number of aromatic nitrogens is 3. The first kappa shape index (κ1) is 12.9. The molecule has 0 aromatic carbocycles. The van der Waals surface area contributed by atoms with Crippen LogP contribution in [0.1, 0.15) is 24.7 Å². The van der Waals surface area contributed by atoms with Crippen molar-refractivity contribution in [2.45, 2.75) is 32.2 Å². The maximum atomic E-state index is 5.91. The lowest BCUT2D eigenvalue weighted by atomic mass is 10.0. The molecular weight excluding hydrogens is 262 g/mol. The van der Waals surface area contributed by atoms with Gasteiger partial charge in [0, 0.05) is 25.1 Å². The number of fused-ring (bicyclic) bond motifs is 1. The number of rotatable bonds is 3. The second kappa shape index (κ2) is 4.76. The number of imidazole rings is 1. The minimum atomic E-state index is -0.0571. The summed E-state index contributed by atoms with van der Waals surface area (Å²) in [4.78, 5) is 9.29. The summed E-state index contributed by atoms with van der Waals surface area (Å²) in [5.41, 5.74) is 2.97. The molecule has 0 spiro atoms. The summed E-state index contributed by atoms with van der Waals surface area (Å²) in [6.07, 6.45) is 3.64. The van der Waals surface area contributed by atoms with Crippen molar-refractivity contribution in [3.05, 3.63) is 23.7 Å². The highest BCUT2D eigenvalue weighted by atomic mass is 35.5. The van der Waals surface area contributed by atoms with E-state index < -0.39 is 0 Å². The van der Waals surface area contributed by atoms with Gasteiger partial charge in [0.2, 0.25) is 0 Å². The molecule has 1 saturated heterocycles. The average molecular weight is 280 g/mol. The summed E-state index contributed by atoms with van der Waals surface area (Å²) in [5, 5.41) is 0. The second-order valence-electron chi connectivity index (χ2n) is 5.46. The highest BCUT2D eigenvalue weighted by Crippen LogP contribution is 2.32. The van der Waals surface area contributed by atoms with E-state index in [0.717, 1.165) is 42.0 Å². The normalized spacial score (nSPS) is 23.3. The van der Waals surface area contributed by atoms with Gasteiger partial charge >= 0.3 is 0 Å². The van der Waals surface area contributed by atoms with Crippen LogP contribution in [0.3, 0.4) is 0 Å². The fraction of sp³-hybridized carbons (Fsp3) is 0.571. The largest absolute Gasteiger partial charge is 0.379 e. The lowest BCUT2D eigenvalue weighted by molar-refractivity contribution is 0.162. The van der Waals surface area contributed by atoms with Crippen molar-refractivity contribution in [1.82, 2.24) is 14.5 Å². The van der Waals surface area contributed by atoms with Crippen molar-refractivity contribution in [2.24, 2.45) is 0 Å². The zero-order valence-electron chi connectivity index (χ0n) is 11.3. The van der Waals surface area contributed by atoms with E-state index in [1.807, 2.05) is 13.1 Å². The van der Waals surface area contributed by atoms with Gasteiger partial charge in [0.15, 0.2) is 5.65 Å². The standard InChI is InChI=1S/C14H18ClN3O/c1-10-7-11-13(16-8-10)18(12(17-11)3-5-15)14(2)4-6-19-9-14/h7-8H,3-6,9H2,1-2H3. The van der Waals surface area contributed by atoms with Crippen molar-refractivity contribution < 1.29 is 4.74 Å². The third-order valence-electron chi connectivity index (χ3n) is 3.76. The predicted octanol–water partition coefficient (Wildman–Crippen LogP) is 2.66. The highest BCUT2D eigenvalue weighted by Gasteiger charge is 2.35. The number of alkyl halides is 1. The van der Waals surface area contributed by atoms with Crippen LogP contribution in [0.25, 0.3) is 11.2 Å². The molecule has 19 heavy (non-hydrogen) atoms. The van der Waals surface area contributed by atoms with Gasteiger partial charge in [-0.05, 0) is 31.9 Å². The molecule has 1 atom stereocenters. The SMILES string of the molecule is Cc1cnc2c(c1)nc(CCCl)n2C1(C)CCOC1. The van der Waals surface area contributed by atoms with Crippen LogP contribution in [-0.4, -0.2) is 33.6 Å². The number of nitrogens with zero attached hydrogens (tertiary/aromatic N) is 3. The van der Waals surface area contributed by atoms with Crippen molar-refractivity contribution in [3.63, 3.8) is 0 Å². The Morgan fingerprint density at radius 3 is 3.05 bits per heavy atom. The fourth-order valence-corrected chi connectivity index (χ4v) is 2.93. The Morgan fingerprint density at radius 2 is 2.37 bits per heavy atom. The van der Waals surface area contributed by atoms with Crippen LogP contribution in [0.15, 0.2) is 12.3 Å². The van der Waals surface area contributed by atoms with E-state index in [-0.39, 0.29) is 5.54 Å². The Bertz CT molecular complexity index is 602. The maximum absolute atomic E-state index is 5.91. The summed E-state index contributed by atoms with van der Waals surface area (Å²) >= 11 is 5.91. The zero-order valence-corrected chi connectivity index (χ0v) is 12.1. The first-order chi connectivity index (χ1) is 9.14. The molecule has 4 nitrogen and oxygen atoms in total. The molecule has 0 amide bonds. The van der Waals surface area contributed by atoms with E-state index in [4.69, 9.17) is 21.3 Å². The summed E-state index contributed by atoms with van der Waals surface area (Å²) in [7, 11) is 0. The minimum Gasteiger partial charge on any atom is -0.379 e. The molecule has 2 aromatic rings. The molecule has 5 heteroatoms. The number of aryl methyl sites for hydroxylation is 2. The van der Waals surface area contributed by atoms with Crippen molar-refractivity contribution >= 4 is 22.8 Å². The summed E-state index contributed by atoms with van der Waals surface area (Å²) in [5.74, 6) is 1.58. The number of ether oxygens (including phenoxy) is 1. The van der Waals surface area contributed by atoms with Crippen LogP contribution < -0.4 is 0 Å². The quantitative estimate of drug-likeness (QED) is 0.811. The van der Waals surface area contributed by atoms with E-state index in [2.05, 4.69) is 22.5 Å². The molecule has 1 fully saturated rings. The minimum absolute atomic E-state index is 0.0571. The third kappa shape index (κ3) is 2.13. The van der Waals surface area contributed by atoms with Crippen molar-refractivity contribution in [1.29, 1.82) is 0 Å². The molecule has 0 radical (unpaired) electrons. The first-order valence-electron chi connectivity index (χ1n) is 6.62. The summed E-state index contributed by atoms with van der Waals surface area (Å²) < 4.78 is 7.81. The number of halogens is 1. The monoisotopic (exact) mass is 279 g/mol. The van der Waals surface area contributed by atoms with Crippen LogP contribution in [0, 0.1) is 6.92 Å². The first-order valence-corrected chi connectivity index (χ1v) is 7.16. The third-order valence-corrected chi connectivity index (χ3v) is 3.95. The second-order valence-corrected chi connectivity index (χ2v) is 5.84. The van der Waals surface area contributed by atoms with Gasteiger partial charge in [-0.15, -0.1) is 11.6 Å². The Labute approximate surface area is 117 Å². The van der Waals surface area contributed by atoms with E-state index in [9.17, 15) is 0 Å². The molecule has 0 saturated carbocycles. The fourth-order valence-electron chi connectivity index (χ4n) is 2.76. The Hall–Kier alpha value is -1.13. The van der Waals surface area contributed by atoms with Gasteiger partial charge in [0.05, 0.1) is 12.1 Å². The molecule has 102 valence electrons. The molecule has 0 bridgehead atoms. The van der Waals surface area contributed by atoms with Crippen LogP contribution in [0.5, 0.6) is 0 Å². The summed E-state index contributed by atoms with van der Waals surface area (Å²) in [6, 6.07) is 2.08. The van der Waals surface area contributed by atoms with Gasteiger partial charge in [-0.25, -0.2) is 9.97 Å². The van der Waals surface area contributed by atoms with E-state index in [1.54, 1.807) is 0 Å². The van der Waals surface area contributed by atoms with Gasteiger partial charge in [-0.2, -0.15) is 0 Å². The van der Waals surface area contributed by atoms with Gasteiger partial charge in [0.1, 0.15) is 11.3 Å². The topological polar surface area (TPSA) is 39.9 Å². The van der Waals surface area contributed by atoms with Gasteiger partial charge in [-0.3, -0.25) is 0 Å². The molecule has 1 aliphatic heterocycles. The average Bonchev–Trinajstić information content (AvgIpc) is 2.93. The number of hydrogen-bond donors (Lipinski definition) is 0. The molecular formula is C14H18ClN3O. The molecule has 1 unspecified atom stereocenters. The van der Waals surface area contributed by atoms with E-state index in [1.165, 1.54) is 0 Å². The van der Waals surface area contributed by atoms with Gasteiger partial charge in [0.25, 0.3) is 0 Å². The number of pyridine rings is 1. The zero-order chi connectivity index (χ0) is 13.5. The van der Waals surface area contributed by atoms with Crippen LogP contribution in [0.4, 0.5) is 0 Å². The van der Waals surface area contributed by atoms with Crippen LogP contribution in [-0.2, 0) is 16.7 Å². The van der Waals surface area contributed by atoms with Crippen LogP contribution in [0.2, 0.25) is 0 Å². The van der Waals surface area contributed by atoms with E-state index >= 15 is 0 Å². The molecule has 3 rings (SSSR count). The lowest BCUT2D eigenvalue weighted by Gasteiger charge is -2.26. The Kier molecular flexibility index (Phi) is 3.23. The Morgan fingerprint density at radius 1 is 1.53 bits per heavy atom. The lowest BCUT2D eigenvalue weighted by Crippen LogP contribution is -2.32.